The molecule has 0 saturated carbocycles. The minimum absolute atomic E-state index is 0.0886. The molecule has 0 unspecified atom stereocenters. The zero-order valence-corrected chi connectivity index (χ0v) is 54.0. The number of thiophene rings is 1. The van der Waals surface area contributed by atoms with E-state index in [0.29, 0.717) is 66.3 Å². The van der Waals surface area contributed by atoms with Gasteiger partial charge in [-0.2, -0.15) is 4.39 Å². The molecule has 12 rings (SSSR count). The second-order valence-electron chi connectivity index (χ2n) is 19.8. The summed E-state index contributed by atoms with van der Waals surface area (Å²) in [5.41, 5.74) is 17.4. The van der Waals surface area contributed by atoms with E-state index in [1.54, 1.807) is 177 Å². The lowest BCUT2D eigenvalue weighted by atomic mass is 10.2. The van der Waals surface area contributed by atoms with Crippen molar-refractivity contribution >= 4 is 51.6 Å². The number of nitrogen functional groups attached to an aromatic ring is 1. The Morgan fingerprint density at radius 3 is 1.40 bits per heavy atom. The Balaban J connectivity index is 0.000000162. The molecule has 7 aromatic heterocycles. The molecule has 0 bridgehead atoms. The third-order valence-electron chi connectivity index (χ3n) is 13.7. The molecule has 29 nitrogen and oxygen atoms in total. The lowest BCUT2D eigenvalue weighted by molar-refractivity contribution is -0.387. The van der Waals surface area contributed by atoms with Crippen LogP contribution in [0.2, 0.25) is 4.34 Å². The van der Waals surface area contributed by atoms with Gasteiger partial charge in [0.2, 0.25) is 5.82 Å². The molecule has 0 aliphatic rings. The largest absolute Gasteiger partial charge is 0.496 e. The number of ether oxygens (including phenoxy) is 4. The highest BCUT2D eigenvalue weighted by Crippen LogP contribution is 2.31. The topological polar surface area (TPSA) is 368 Å². The number of carbonyl (C=O) groups is 1. The molecule has 1 amide bonds. The van der Waals surface area contributed by atoms with E-state index in [4.69, 9.17) is 41.8 Å². The molecule has 3 N–H and O–H groups in total. The van der Waals surface area contributed by atoms with Crippen LogP contribution in [-0.2, 0) is 6.54 Å². The second kappa shape index (κ2) is 34.1. The molecule has 7 heterocycles. The number of methoxy groups -OCH3 is 4. The quantitative estimate of drug-likeness (QED) is 0.0227. The van der Waals surface area contributed by atoms with Crippen LogP contribution in [0.1, 0.15) is 15.4 Å². The van der Waals surface area contributed by atoms with Gasteiger partial charge in [0.05, 0.1) is 100 Å². The van der Waals surface area contributed by atoms with Gasteiger partial charge < -0.3 is 30.0 Å². The van der Waals surface area contributed by atoms with Crippen LogP contribution >= 0.6 is 22.9 Å². The van der Waals surface area contributed by atoms with Crippen molar-refractivity contribution in [2.75, 3.05) is 34.2 Å². The van der Waals surface area contributed by atoms with Gasteiger partial charge >= 0.3 is 11.4 Å². The van der Waals surface area contributed by atoms with Crippen molar-refractivity contribution in [1.29, 1.82) is 0 Å². The van der Waals surface area contributed by atoms with Crippen molar-refractivity contribution in [3.05, 3.63) is 334 Å². The molecule has 99 heavy (non-hydrogen) atoms. The Labute approximate surface area is 567 Å². The number of benzene rings is 5. The molecule has 12 aromatic rings. The Morgan fingerprint density at radius 1 is 0.566 bits per heavy atom. The van der Waals surface area contributed by atoms with Crippen molar-refractivity contribution < 1.29 is 38.0 Å². The molecule has 0 saturated heterocycles. The number of nitrogens with two attached hydrogens (primary N) is 1. The van der Waals surface area contributed by atoms with E-state index in [2.05, 4.69) is 25.7 Å². The van der Waals surface area contributed by atoms with Crippen molar-refractivity contribution in [2.45, 2.75) is 6.54 Å². The summed E-state index contributed by atoms with van der Waals surface area (Å²) in [6.45, 7) is 0.216. The molecular weight excluding hydrogens is 1330 g/mol. The number of hydrogen-bond donors (Lipinski definition) is 2. The average molecular weight is 1380 g/mol. The van der Waals surface area contributed by atoms with Gasteiger partial charge in [0.15, 0.2) is 5.75 Å². The first-order chi connectivity index (χ1) is 47.7. The first-order valence-corrected chi connectivity index (χ1v) is 29.9. The lowest BCUT2D eigenvalue weighted by Crippen LogP contribution is -2.21. The number of carbonyl (C=O) groups excluding carboxylic acids is 1. The highest BCUT2D eigenvalue weighted by molar-refractivity contribution is 7.18. The predicted octanol–water partition coefficient (Wildman–Crippen LogP) is 10.9. The molecule has 0 radical (unpaired) electrons. The van der Waals surface area contributed by atoms with Gasteiger partial charge in [0.1, 0.15) is 28.6 Å². The lowest BCUT2D eigenvalue weighted by Gasteiger charge is -2.11. The summed E-state index contributed by atoms with van der Waals surface area (Å²) < 4.78 is 43.2. The summed E-state index contributed by atoms with van der Waals surface area (Å²) in [6.07, 6.45) is 9.80. The van der Waals surface area contributed by atoms with E-state index < -0.39 is 21.4 Å². The monoisotopic (exact) mass is 1380 g/mol. The minimum Gasteiger partial charge on any atom is -0.496 e. The molecule has 0 aliphatic heterocycles. The molecule has 502 valence electrons. The maximum Gasteiger partial charge on any atom is 0.311 e. The van der Waals surface area contributed by atoms with Gasteiger partial charge in [-0.05, 0) is 96.5 Å². The van der Waals surface area contributed by atoms with Crippen LogP contribution < -0.4 is 57.8 Å². The number of nitrogens with zero attached hydrogens (tertiary/aromatic N) is 13. The molecule has 32 heteroatoms. The maximum absolute atomic E-state index is 13.4. The van der Waals surface area contributed by atoms with E-state index in [1.165, 1.54) is 109 Å². The number of nitro groups is 2. The molecule has 0 fully saturated rings. The van der Waals surface area contributed by atoms with Crippen LogP contribution in [0.3, 0.4) is 0 Å². The first-order valence-electron chi connectivity index (χ1n) is 28.7. The van der Waals surface area contributed by atoms with Crippen molar-refractivity contribution in [2.24, 2.45) is 5.11 Å². The Bertz CT molecular complexity index is 5160. The number of nitro benzene ring substituents is 2. The number of azide groups is 1. The Kier molecular flexibility index (Phi) is 24.5. The fourth-order valence-corrected chi connectivity index (χ4v) is 9.92. The zero-order valence-electron chi connectivity index (χ0n) is 52.4. The summed E-state index contributed by atoms with van der Waals surface area (Å²) in [5.74, 6) is 0.430. The number of anilines is 1. The number of nitrogens with one attached hydrogen (secondary N) is 1. The van der Waals surface area contributed by atoms with Crippen LogP contribution in [0.15, 0.2) is 260 Å². The fourth-order valence-electron chi connectivity index (χ4n) is 8.96. The summed E-state index contributed by atoms with van der Waals surface area (Å²) >= 11 is 7.07. The minimum atomic E-state index is -0.969. The van der Waals surface area contributed by atoms with Gasteiger partial charge in [-0.25, -0.2) is 4.68 Å². The van der Waals surface area contributed by atoms with E-state index in [-0.39, 0.29) is 57.4 Å². The third kappa shape index (κ3) is 18.5. The summed E-state index contributed by atoms with van der Waals surface area (Å²) in [6, 6.07) is 50.5. The van der Waals surface area contributed by atoms with Crippen molar-refractivity contribution in [3.63, 3.8) is 0 Å². The Hall–Kier alpha value is -13.5. The van der Waals surface area contributed by atoms with Crippen LogP contribution in [0.25, 0.3) is 44.6 Å². The predicted molar refractivity (Wildman–Crippen MR) is 368 cm³/mol. The highest BCUT2D eigenvalue weighted by atomic mass is 35.5. The molecular formula is C67H55ClFN15O14S. The fraction of sp³-hybridized carbons (Fsp3) is 0.0746. The third-order valence-corrected chi connectivity index (χ3v) is 14.9. The maximum atomic E-state index is 13.4. The van der Waals surface area contributed by atoms with Gasteiger partial charge in [0, 0.05) is 109 Å². The van der Waals surface area contributed by atoms with Crippen molar-refractivity contribution in [1.82, 2.24) is 43.1 Å². The molecule has 0 spiro atoms. The SMILES string of the molecule is COc1cc(-n2ccccc2=O)ccc1-n1cc(CNC(=O)c2ccc(Cl)s2)nn1.COc1cc(-n2ccccc2=O)ccc1N.COc1cc(-n2ccccc2=O)ccc1N=[N+]=[N-].COc1cc(-n2ccccc2=O)ccc1[N+](=O)[O-].O=c1ccccn1-c1ccc([N+](=O)[O-])c(F)c1. The number of halogens is 2. The van der Waals surface area contributed by atoms with Crippen molar-refractivity contribution in [3.8, 4) is 57.1 Å². The Morgan fingerprint density at radius 2 is 0.980 bits per heavy atom. The smallest absolute Gasteiger partial charge is 0.311 e. The number of amides is 1. The molecule has 0 aliphatic carbocycles. The molecule has 5 aromatic carbocycles. The second-order valence-corrected chi connectivity index (χ2v) is 21.5. The van der Waals surface area contributed by atoms with E-state index >= 15 is 0 Å². The van der Waals surface area contributed by atoms with Crippen LogP contribution in [-0.4, -0.2) is 82.0 Å². The van der Waals surface area contributed by atoms with Gasteiger partial charge in [-0.3, -0.25) is 71.8 Å². The average Bonchev–Trinajstić information content (AvgIpc) is 1.77. The van der Waals surface area contributed by atoms with Crippen LogP contribution in [0.5, 0.6) is 23.0 Å². The highest BCUT2D eigenvalue weighted by Gasteiger charge is 2.18. The van der Waals surface area contributed by atoms with Gasteiger partial charge in [0.25, 0.3) is 33.7 Å². The van der Waals surface area contributed by atoms with Crippen LogP contribution in [0.4, 0.5) is 27.1 Å². The summed E-state index contributed by atoms with van der Waals surface area (Å²) in [5, 5.41) is 35.7. The normalized spacial score (nSPS) is 10.2. The van der Waals surface area contributed by atoms with Crippen LogP contribution in [0, 0.1) is 26.0 Å². The number of pyridine rings is 5. The van der Waals surface area contributed by atoms with Gasteiger partial charge in [-0.15, -0.1) is 16.4 Å². The number of aromatic nitrogens is 8. The van der Waals surface area contributed by atoms with E-state index in [1.807, 2.05) is 0 Å². The van der Waals surface area contributed by atoms with E-state index in [9.17, 15) is 53.4 Å². The van der Waals surface area contributed by atoms with E-state index in [0.717, 1.165) is 17.8 Å². The number of rotatable bonds is 16. The van der Waals surface area contributed by atoms with Gasteiger partial charge in [-0.1, -0.05) is 52.3 Å². The standard InChI is InChI=1S/C20H16ClN5O3S.C12H10N4O2.C12H10N2O4.C12H12N2O2.C11H7FN2O3/c1-29-16-10-14(25-9-3-2-4-19(25)27)5-6-15(16)26-12-13(23-24-26)11-22-20(28)17-7-8-18(21)30-17;1-18-11-8-9(5-6-10(11)14-15-13)16-7-3-2-4-12(16)17;1-18-11-8-9(5-6-10(11)14(16)17)13-7-3-2-4-12(13)15;1-16-11-8-9(5-6-10(11)13)14-7-3-2-4-12(14)15;12-9-7-8(4-5-10(9)14(16)17)13-6-2-1-3-11(13)15/h2-10,12H,11H2,1H3,(H,22,28);2*2-8H,1H3;2-8H,13H2,1H3;1-7H. The summed E-state index contributed by atoms with van der Waals surface area (Å²) in [4.78, 5) is 93.6. The number of hydrogen-bond acceptors (Lipinski definition) is 19. The first kappa shape index (κ1) is 71.3. The molecule has 0 atom stereocenters. The summed E-state index contributed by atoms with van der Waals surface area (Å²) in [7, 11) is 5.91. The zero-order chi connectivity index (χ0) is 71.1.